The summed E-state index contributed by atoms with van der Waals surface area (Å²) in [6.45, 7) is 4.92. The summed E-state index contributed by atoms with van der Waals surface area (Å²) in [5.74, 6) is 0.391. The highest BCUT2D eigenvalue weighted by molar-refractivity contribution is 7.99. The Balaban J connectivity index is 1.29. The van der Waals surface area contributed by atoms with E-state index in [9.17, 15) is 13.2 Å². The van der Waals surface area contributed by atoms with Crippen molar-refractivity contribution < 1.29 is 17.7 Å². The Morgan fingerprint density at radius 1 is 1.25 bits per heavy atom. The van der Waals surface area contributed by atoms with Gasteiger partial charge in [-0.15, -0.1) is 16.4 Å². The van der Waals surface area contributed by atoms with Gasteiger partial charge in [-0.05, 0) is 35.7 Å². The lowest BCUT2D eigenvalue weighted by Crippen LogP contribution is -2.51. The summed E-state index contributed by atoms with van der Waals surface area (Å²) < 4.78 is 33.9. The summed E-state index contributed by atoms with van der Waals surface area (Å²) in [5, 5.41) is 18.1. The maximum absolute atomic E-state index is 12.9. The summed E-state index contributed by atoms with van der Waals surface area (Å²) in [5.41, 5.74) is 0.342. The molecule has 1 amide bonds. The lowest BCUT2D eigenvalue weighted by atomic mass is 10.3. The maximum atomic E-state index is 12.9. The average Bonchev–Trinajstić information content (AvgIpc) is 3.52. The highest BCUT2D eigenvalue weighted by Crippen LogP contribution is 2.24. The quantitative estimate of drug-likeness (QED) is 0.422. The van der Waals surface area contributed by atoms with E-state index in [1.54, 1.807) is 34.8 Å². The molecule has 172 valence electrons. The number of thiophene rings is 1. The van der Waals surface area contributed by atoms with Crippen LogP contribution in [0.1, 0.15) is 16.3 Å². The molecule has 3 aromatic heterocycles. The second-order valence-electron chi connectivity index (χ2n) is 7.24. The molecule has 1 aliphatic rings. The predicted octanol–water partition coefficient (Wildman–Crippen LogP) is 1.21. The summed E-state index contributed by atoms with van der Waals surface area (Å²) in [6, 6.07) is 4.07. The van der Waals surface area contributed by atoms with Crippen molar-refractivity contribution in [1.82, 2.24) is 34.6 Å². The molecule has 0 N–H and O–H groups in total. The molecule has 0 atom stereocenters. The molecule has 11 nitrogen and oxygen atoms in total. The van der Waals surface area contributed by atoms with Gasteiger partial charge in [-0.25, -0.2) is 13.1 Å². The van der Waals surface area contributed by atoms with Crippen molar-refractivity contribution in [3.63, 3.8) is 0 Å². The zero-order valence-corrected chi connectivity index (χ0v) is 20.1. The zero-order chi connectivity index (χ0) is 22.7. The number of carbonyl (C=O) groups is 1. The van der Waals surface area contributed by atoms with Gasteiger partial charge in [0, 0.05) is 37.5 Å². The van der Waals surface area contributed by atoms with Crippen LogP contribution < -0.4 is 0 Å². The van der Waals surface area contributed by atoms with Crippen LogP contribution in [0.3, 0.4) is 0 Å². The van der Waals surface area contributed by atoms with Gasteiger partial charge >= 0.3 is 0 Å². The van der Waals surface area contributed by atoms with Crippen LogP contribution in [0, 0.1) is 13.8 Å². The standard InChI is InChI=1S/C18H23N7O4S3/c1-13-17(14(2)29-20-13)32(27,28)24-9-7-23(8-10-24)16(26)12-31-18-19-21-22-25(18)6-5-15-4-3-11-30-15/h3-4,11H,5-10,12H2,1-2H3. The fraction of sp³-hybridized carbons (Fsp3) is 0.500. The lowest BCUT2D eigenvalue weighted by Gasteiger charge is -2.33. The van der Waals surface area contributed by atoms with Gasteiger partial charge in [0.15, 0.2) is 5.76 Å². The molecule has 1 saturated heterocycles. The van der Waals surface area contributed by atoms with Gasteiger partial charge in [0.2, 0.25) is 21.1 Å². The second kappa shape index (κ2) is 9.68. The number of hydrogen-bond donors (Lipinski definition) is 0. The van der Waals surface area contributed by atoms with Crippen LogP contribution in [0.2, 0.25) is 0 Å². The van der Waals surface area contributed by atoms with Crippen molar-refractivity contribution in [1.29, 1.82) is 0 Å². The number of piperazine rings is 1. The van der Waals surface area contributed by atoms with Gasteiger partial charge in [-0.3, -0.25) is 4.79 Å². The van der Waals surface area contributed by atoms with Crippen molar-refractivity contribution in [2.24, 2.45) is 0 Å². The van der Waals surface area contributed by atoms with Crippen molar-refractivity contribution in [2.45, 2.75) is 36.9 Å². The molecule has 4 rings (SSSR count). The monoisotopic (exact) mass is 497 g/mol. The molecule has 4 heterocycles. The number of aromatic nitrogens is 5. The molecule has 0 bridgehead atoms. The Morgan fingerprint density at radius 3 is 2.69 bits per heavy atom. The number of aryl methyl sites for hydroxylation is 4. The highest BCUT2D eigenvalue weighted by Gasteiger charge is 2.34. The maximum Gasteiger partial charge on any atom is 0.248 e. The summed E-state index contributed by atoms with van der Waals surface area (Å²) in [7, 11) is -3.70. The first-order valence-corrected chi connectivity index (χ1v) is 13.3. The molecule has 0 unspecified atom stereocenters. The molecular weight excluding hydrogens is 474 g/mol. The Morgan fingerprint density at radius 2 is 2.03 bits per heavy atom. The van der Waals surface area contributed by atoms with Crippen LogP contribution in [0.4, 0.5) is 0 Å². The van der Waals surface area contributed by atoms with Crippen molar-refractivity contribution in [2.75, 3.05) is 31.9 Å². The van der Waals surface area contributed by atoms with Crippen LogP contribution in [0.25, 0.3) is 0 Å². The summed E-state index contributed by atoms with van der Waals surface area (Å²) in [6.07, 6.45) is 0.825. The van der Waals surface area contributed by atoms with E-state index in [-0.39, 0.29) is 35.4 Å². The molecule has 32 heavy (non-hydrogen) atoms. The van der Waals surface area contributed by atoms with E-state index in [0.29, 0.717) is 30.5 Å². The zero-order valence-electron chi connectivity index (χ0n) is 17.7. The molecule has 0 spiro atoms. The predicted molar refractivity (Wildman–Crippen MR) is 118 cm³/mol. The van der Waals surface area contributed by atoms with E-state index >= 15 is 0 Å². The number of rotatable bonds is 8. The molecule has 0 radical (unpaired) electrons. The largest absolute Gasteiger partial charge is 0.360 e. The number of carbonyl (C=O) groups excluding carboxylic acids is 1. The lowest BCUT2D eigenvalue weighted by molar-refractivity contribution is -0.129. The molecule has 14 heteroatoms. The Labute approximate surface area is 193 Å². The summed E-state index contributed by atoms with van der Waals surface area (Å²) in [4.78, 5) is 15.7. The van der Waals surface area contributed by atoms with Gasteiger partial charge < -0.3 is 9.42 Å². The van der Waals surface area contributed by atoms with Crippen LogP contribution >= 0.6 is 23.1 Å². The van der Waals surface area contributed by atoms with Crippen LogP contribution in [0.5, 0.6) is 0 Å². The molecular formula is C18H23N7O4S3. The second-order valence-corrected chi connectivity index (χ2v) is 11.1. The van der Waals surface area contributed by atoms with E-state index < -0.39 is 10.0 Å². The molecule has 3 aromatic rings. The van der Waals surface area contributed by atoms with E-state index in [1.807, 2.05) is 11.4 Å². The minimum absolute atomic E-state index is 0.0720. The third-order valence-corrected chi connectivity index (χ3v) is 9.15. The van der Waals surface area contributed by atoms with E-state index in [1.165, 1.54) is 20.9 Å². The van der Waals surface area contributed by atoms with E-state index in [2.05, 4.69) is 26.7 Å². The molecule has 0 aliphatic carbocycles. The number of nitrogens with zero attached hydrogens (tertiary/aromatic N) is 7. The number of hydrogen-bond acceptors (Lipinski definition) is 10. The molecule has 1 fully saturated rings. The van der Waals surface area contributed by atoms with Crippen molar-refractivity contribution in [3.05, 3.63) is 33.8 Å². The Hall–Kier alpha value is -2.29. The smallest absolute Gasteiger partial charge is 0.248 e. The van der Waals surface area contributed by atoms with Gasteiger partial charge in [-0.2, -0.15) is 4.31 Å². The minimum atomic E-state index is -3.70. The molecule has 1 aliphatic heterocycles. The minimum Gasteiger partial charge on any atom is -0.360 e. The number of amides is 1. The highest BCUT2D eigenvalue weighted by atomic mass is 32.2. The van der Waals surface area contributed by atoms with Crippen LogP contribution in [-0.2, 0) is 27.8 Å². The van der Waals surface area contributed by atoms with Crippen molar-refractivity contribution in [3.8, 4) is 0 Å². The Kier molecular flexibility index (Phi) is 6.93. The van der Waals surface area contributed by atoms with Crippen LogP contribution in [-0.4, -0.2) is 80.8 Å². The molecule has 0 saturated carbocycles. The average molecular weight is 498 g/mol. The van der Waals surface area contributed by atoms with Crippen molar-refractivity contribution >= 4 is 39.0 Å². The summed E-state index contributed by atoms with van der Waals surface area (Å²) >= 11 is 2.97. The molecule has 0 aromatic carbocycles. The number of tetrazole rings is 1. The van der Waals surface area contributed by atoms with E-state index in [0.717, 1.165) is 6.42 Å². The third-order valence-electron chi connectivity index (χ3n) is 5.13. The van der Waals surface area contributed by atoms with Gasteiger partial charge in [0.25, 0.3) is 0 Å². The fourth-order valence-corrected chi connectivity index (χ4v) is 6.70. The third kappa shape index (κ3) is 4.87. The number of sulfonamides is 1. The number of thioether (sulfide) groups is 1. The first kappa shape index (κ1) is 22.9. The van der Waals surface area contributed by atoms with Gasteiger partial charge in [-0.1, -0.05) is 23.0 Å². The first-order valence-electron chi connectivity index (χ1n) is 9.98. The van der Waals surface area contributed by atoms with Gasteiger partial charge in [0.05, 0.1) is 12.3 Å². The van der Waals surface area contributed by atoms with E-state index in [4.69, 9.17) is 4.52 Å². The topological polar surface area (TPSA) is 127 Å². The van der Waals surface area contributed by atoms with Gasteiger partial charge in [0.1, 0.15) is 10.6 Å². The van der Waals surface area contributed by atoms with Crippen LogP contribution in [0.15, 0.2) is 32.1 Å². The first-order chi connectivity index (χ1) is 15.4. The fourth-order valence-electron chi connectivity index (χ4n) is 3.48. The normalized spacial score (nSPS) is 15.4. The Bertz CT molecular complexity index is 1150. The SMILES string of the molecule is Cc1noc(C)c1S(=O)(=O)N1CCN(C(=O)CSc2nnnn2CCc2cccs2)CC1.